The van der Waals surface area contributed by atoms with E-state index < -0.39 is 66.2 Å². The highest BCUT2D eigenvalue weighted by molar-refractivity contribution is 5.88. The van der Waals surface area contributed by atoms with Crippen LogP contribution in [-0.2, 0) is 23.9 Å². The number of carboxylic acids is 1. The van der Waals surface area contributed by atoms with Crippen molar-refractivity contribution >= 4 is 30.1 Å². The van der Waals surface area contributed by atoms with E-state index in [2.05, 4.69) is 0 Å². The molecule has 0 heterocycles. The van der Waals surface area contributed by atoms with Gasteiger partial charge in [0.05, 0.1) is 6.10 Å². The minimum absolute atomic E-state index is 0.311. The van der Waals surface area contributed by atoms with Crippen LogP contribution in [-0.4, -0.2) is 77.6 Å². The second-order valence-corrected chi connectivity index (χ2v) is 8.35. The first-order valence-corrected chi connectivity index (χ1v) is 10.8. The van der Waals surface area contributed by atoms with E-state index in [4.69, 9.17) is 9.47 Å². The van der Waals surface area contributed by atoms with Gasteiger partial charge in [0.15, 0.2) is 34.7 Å². The summed E-state index contributed by atoms with van der Waals surface area (Å²) in [5.41, 5.74) is -1.82. The second-order valence-electron chi connectivity index (χ2n) is 8.35. The third-order valence-electron chi connectivity index (χ3n) is 5.57. The Balaban J connectivity index is 1.75. The lowest BCUT2D eigenvalue weighted by molar-refractivity contribution is -0.204. The molecule has 0 amide bonds. The Kier molecular flexibility index (Phi) is 8.05. The molecule has 1 saturated carbocycles. The Hall–Kier alpha value is -4.55. The summed E-state index contributed by atoms with van der Waals surface area (Å²) in [4.78, 5) is 36.3. The fraction of sp³-hybridized carbons (Fsp3) is 0.240. The number of ether oxygens (including phenoxy) is 2. The Morgan fingerprint density at radius 1 is 0.784 bits per heavy atom. The highest BCUT2D eigenvalue weighted by Crippen LogP contribution is 2.33. The highest BCUT2D eigenvalue weighted by Gasteiger charge is 2.52. The van der Waals surface area contributed by atoms with Crippen LogP contribution in [0, 0.1) is 0 Å². The molecule has 0 aliphatic heterocycles. The first-order valence-electron chi connectivity index (χ1n) is 10.8. The molecule has 196 valence electrons. The zero-order valence-electron chi connectivity index (χ0n) is 19.1. The molecular formula is C25H24O12. The van der Waals surface area contributed by atoms with Crippen molar-refractivity contribution in [2.24, 2.45) is 0 Å². The number of rotatable bonds is 7. The molecule has 1 aliphatic rings. The van der Waals surface area contributed by atoms with Crippen molar-refractivity contribution in [3.05, 3.63) is 59.7 Å². The van der Waals surface area contributed by atoms with Gasteiger partial charge in [-0.05, 0) is 47.5 Å². The maximum absolute atomic E-state index is 12.4. The maximum Gasteiger partial charge on any atom is 0.335 e. The van der Waals surface area contributed by atoms with E-state index in [0.29, 0.717) is 11.1 Å². The molecular weight excluding hydrogens is 492 g/mol. The fourth-order valence-electron chi connectivity index (χ4n) is 3.66. The predicted octanol–water partition coefficient (Wildman–Crippen LogP) is 1.03. The number of phenols is 4. The van der Waals surface area contributed by atoms with Gasteiger partial charge < -0.3 is 45.2 Å². The lowest BCUT2D eigenvalue weighted by atomic mass is 9.79. The molecule has 1 aliphatic carbocycles. The van der Waals surface area contributed by atoms with Crippen molar-refractivity contribution in [2.45, 2.75) is 36.8 Å². The van der Waals surface area contributed by atoms with Crippen LogP contribution in [0.2, 0.25) is 0 Å². The summed E-state index contributed by atoms with van der Waals surface area (Å²) in [5.74, 6) is -5.29. The third kappa shape index (κ3) is 6.78. The number of aliphatic carboxylic acids is 1. The molecule has 37 heavy (non-hydrogen) atoms. The van der Waals surface area contributed by atoms with Crippen LogP contribution in [0.4, 0.5) is 0 Å². The smallest absolute Gasteiger partial charge is 0.335 e. The molecule has 0 bridgehead atoms. The van der Waals surface area contributed by atoms with E-state index in [9.17, 15) is 50.1 Å². The van der Waals surface area contributed by atoms with E-state index in [1.807, 2.05) is 0 Å². The number of carbonyl (C=O) groups is 3. The van der Waals surface area contributed by atoms with Gasteiger partial charge in [0.25, 0.3) is 0 Å². The zero-order chi connectivity index (χ0) is 27.3. The zero-order valence-corrected chi connectivity index (χ0v) is 19.1. The van der Waals surface area contributed by atoms with Gasteiger partial charge in [0.2, 0.25) is 0 Å². The molecule has 0 spiro atoms. The normalized spacial score (nSPS) is 23.7. The van der Waals surface area contributed by atoms with E-state index in [1.54, 1.807) is 0 Å². The van der Waals surface area contributed by atoms with Crippen molar-refractivity contribution in [2.75, 3.05) is 0 Å². The Bertz CT molecular complexity index is 1250. The third-order valence-corrected chi connectivity index (χ3v) is 5.57. The average molecular weight is 516 g/mol. The molecule has 0 saturated heterocycles. The SMILES string of the molecule is O=C(C=Cc1ccc(O)c(O)c1)O[C@H]1[C@H](O)CC(O)(C(=O)O)C[C@H]1OC(=O)C=Cc1ccc(O)c(O)c1. The van der Waals surface area contributed by atoms with Crippen molar-refractivity contribution in [3.8, 4) is 23.0 Å². The summed E-state index contributed by atoms with van der Waals surface area (Å²) in [6.07, 6.45) is -1.86. The van der Waals surface area contributed by atoms with E-state index in [1.165, 1.54) is 42.5 Å². The number of hydrogen-bond donors (Lipinski definition) is 7. The van der Waals surface area contributed by atoms with Gasteiger partial charge in [-0.25, -0.2) is 14.4 Å². The van der Waals surface area contributed by atoms with Gasteiger partial charge in [-0.3, -0.25) is 0 Å². The average Bonchev–Trinajstić information content (AvgIpc) is 2.82. The van der Waals surface area contributed by atoms with Crippen molar-refractivity contribution in [1.29, 1.82) is 0 Å². The summed E-state index contributed by atoms with van der Waals surface area (Å²) in [6, 6.07) is 7.50. The van der Waals surface area contributed by atoms with E-state index in [0.717, 1.165) is 18.2 Å². The Morgan fingerprint density at radius 3 is 1.73 bits per heavy atom. The van der Waals surface area contributed by atoms with Crippen LogP contribution in [0.25, 0.3) is 12.2 Å². The lowest BCUT2D eigenvalue weighted by Gasteiger charge is -2.40. The molecule has 1 fully saturated rings. The monoisotopic (exact) mass is 516 g/mol. The number of benzene rings is 2. The Morgan fingerprint density at radius 2 is 1.27 bits per heavy atom. The molecule has 12 nitrogen and oxygen atoms in total. The van der Waals surface area contributed by atoms with Gasteiger partial charge in [0.1, 0.15) is 6.10 Å². The second kappa shape index (κ2) is 11.0. The Labute approximate surface area is 209 Å². The van der Waals surface area contributed by atoms with Gasteiger partial charge in [-0.1, -0.05) is 12.1 Å². The molecule has 0 radical (unpaired) electrons. The highest BCUT2D eigenvalue weighted by atomic mass is 16.6. The summed E-state index contributed by atoms with van der Waals surface area (Å²) in [6.45, 7) is 0. The summed E-state index contributed by atoms with van der Waals surface area (Å²) in [7, 11) is 0. The standard InChI is InChI=1S/C25H24O12/c26-15-5-1-13(9-17(15)28)3-7-21(31)36-20-12-25(35,24(33)34)11-19(30)23(20)37-22(32)8-4-14-2-6-16(27)18(29)10-14/h1-10,19-20,23,26-30,35H,11-12H2,(H,33,34)/t19-,20-,23+,25?/m1/s1. The number of aliphatic hydroxyl groups is 2. The molecule has 7 N–H and O–H groups in total. The largest absolute Gasteiger partial charge is 0.504 e. The number of phenolic OH excluding ortho intramolecular Hbond substituents is 4. The summed E-state index contributed by atoms with van der Waals surface area (Å²) in [5, 5.41) is 68.0. The van der Waals surface area contributed by atoms with Crippen molar-refractivity contribution in [1.82, 2.24) is 0 Å². The maximum atomic E-state index is 12.4. The van der Waals surface area contributed by atoms with Crippen LogP contribution >= 0.6 is 0 Å². The number of carboxylic acid groups (broad SMARTS) is 1. The summed E-state index contributed by atoms with van der Waals surface area (Å²) < 4.78 is 10.4. The molecule has 2 aromatic rings. The van der Waals surface area contributed by atoms with Crippen LogP contribution in [0.15, 0.2) is 48.6 Å². The van der Waals surface area contributed by atoms with Crippen molar-refractivity contribution < 1.29 is 59.6 Å². The van der Waals surface area contributed by atoms with Gasteiger partial charge in [0, 0.05) is 25.0 Å². The topological polar surface area (TPSA) is 211 Å². The first-order chi connectivity index (χ1) is 17.4. The molecule has 4 atom stereocenters. The predicted molar refractivity (Wildman–Crippen MR) is 125 cm³/mol. The molecule has 2 aromatic carbocycles. The number of hydrogen-bond acceptors (Lipinski definition) is 11. The van der Waals surface area contributed by atoms with Crippen LogP contribution in [0.3, 0.4) is 0 Å². The molecule has 12 heteroatoms. The quantitative estimate of drug-likeness (QED) is 0.156. The van der Waals surface area contributed by atoms with E-state index >= 15 is 0 Å². The van der Waals surface area contributed by atoms with Crippen LogP contribution < -0.4 is 0 Å². The number of aromatic hydroxyl groups is 4. The van der Waals surface area contributed by atoms with Gasteiger partial charge in [-0.2, -0.15) is 0 Å². The summed E-state index contributed by atoms with van der Waals surface area (Å²) >= 11 is 0. The molecule has 0 aromatic heterocycles. The van der Waals surface area contributed by atoms with Gasteiger partial charge >= 0.3 is 17.9 Å². The van der Waals surface area contributed by atoms with Crippen LogP contribution in [0.1, 0.15) is 24.0 Å². The minimum Gasteiger partial charge on any atom is -0.504 e. The number of esters is 2. The van der Waals surface area contributed by atoms with Crippen LogP contribution in [0.5, 0.6) is 23.0 Å². The lowest BCUT2D eigenvalue weighted by Crippen LogP contribution is -2.58. The first kappa shape index (κ1) is 27.0. The number of carbonyl (C=O) groups excluding carboxylic acids is 2. The van der Waals surface area contributed by atoms with Gasteiger partial charge in [-0.15, -0.1) is 0 Å². The fourth-order valence-corrected chi connectivity index (χ4v) is 3.66. The van der Waals surface area contributed by atoms with Crippen molar-refractivity contribution in [3.63, 3.8) is 0 Å². The molecule has 1 unspecified atom stereocenters. The number of aliphatic hydroxyl groups excluding tert-OH is 1. The van der Waals surface area contributed by atoms with E-state index in [-0.39, 0.29) is 11.5 Å². The molecule has 3 rings (SSSR count). The minimum atomic E-state index is -2.46.